The highest BCUT2D eigenvalue weighted by molar-refractivity contribution is 6.33. The van der Waals surface area contributed by atoms with E-state index in [9.17, 15) is 14.9 Å². The van der Waals surface area contributed by atoms with Crippen LogP contribution < -0.4 is 5.32 Å². The molecule has 0 saturated carbocycles. The highest BCUT2D eigenvalue weighted by Gasteiger charge is 2.14. The summed E-state index contributed by atoms with van der Waals surface area (Å²) in [6.45, 7) is 0.185. The van der Waals surface area contributed by atoms with Gasteiger partial charge in [-0.15, -0.1) is 0 Å². The molecule has 1 heterocycles. The molecule has 2 aromatic carbocycles. The van der Waals surface area contributed by atoms with E-state index in [1.54, 1.807) is 30.3 Å². The van der Waals surface area contributed by atoms with Crippen molar-refractivity contribution in [2.75, 3.05) is 12.4 Å². The number of non-ortho nitro benzene ring substituents is 1. The summed E-state index contributed by atoms with van der Waals surface area (Å²) in [5.74, 6) is -0.0395. The summed E-state index contributed by atoms with van der Waals surface area (Å²) in [5, 5.41) is 18.0. The molecule has 0 spiro atoms. The maximum absolute atomic E-state index is 11.7. The lowest BCUT2D eigenvalue weighted by Crippen LogP contribution is -2.05. The number of nitro benzene ring substituents is 1. The van der Waals surface area contributed by atoms with Gasteiger partial charge in [0.05, 0.1) is 29.2 Å². The van der Waals surface area contributed by atoms with Gasteiger partial charge in [0.25, 0.3) is 5.69 Å². The summed E-state index contributed by atoms with van der Waals surface area (Å²) in [6.07, 6.45) is 0. The van der Waals surface area contributed by atoms with Crippen molar-refractivity contribution in [3.63, 3.8) is 0 Å². The fraction of sp³-hybridized carbons (Fsp3) is 0.118. The Morgan fingerprint density at radius 1 is 1.33 bits per heavy atom. The van der Waals surface area contributed by atoms with Crippen LogP contribution in [0.4, 0.5) is 11.4 Å². The number of anilines is 1. The number of ether oxygens (including phenoxy) is 1. The summed E-state index contributed by atoms with van der Waals surface area (Å²) in [7, 11) is 1.27. The lowest BCUT2D eigenvalue weighted by Gasteiger charge is -2.07. The number of esters is 1. The number of methoxy groups -OCH3 is 1. The lowest BCUT2D eigenvalue weighted by molar-refractivity contribution is -0.384. The number of nitrogens with one attached hydrogen (secondary N) is 1. The van der Waals surface area contributed by atoms with Gasteiger partial charge in [0.15, 0.2) is 0 Å². The van der Waals surface area contributed by atoms with Gasteiger partial charge in [-0.25, -0.2) is 4.79 Å². The number of hydrogen-bond donors (Lipinski definition) is 1. The highest BCUT2D eigenvalue weighted by Crippen LogP contribution is 2.23. The number of carbonyl (C=O) groups excluding carboxylic acids is 1. The first kappa shape index (κ1) is 18.3. The van der Waals surface area contributed by atoms with Crippen molar-refractivity contribution in [3.8, 4) is 11.4 Å². The van der Waals surface area contributed by atoms with E-state index < -0.39 is 10.9 Å². The third-order valence-corrected chi connectivity index (χ3v) is 3.93. The van der Waals surface area contributed by atoms with Gasteiger partial charge in [0.1, 0.15) is 0 Å². The average molecular weight is 389 g/mol. The number of carbonyl (C=O) groups is 1. The molecule has 3 aromatic rings. The molecule has 1 N–H and O–H groups in total. The molecule has 9 nitrogen and oxygen atoms in total. The molecule has 0 bridgehead atoms. The van der Waals surface area contributed by atoms with Gasteiger partial charge in [0.2, 0.25) is 11.7 Å². The van der Waals surface area contributed by atoms with Crippen molar-refractivity contribution in [1.82, 2.24) is 10.1 Å². The van der Waals surface area contributed by atoms with Gasteiger partial charge >= 0.3 is 5.97 Å². The predicted molar refractivity (Wildman–Crippen MR) is 96.5 cm³/mol. The van der Waals surface area contributed by atoms with Crippen LogP contribution in [-0.2, 0) is 11.3 Å². The minimum Gasteiger partial charge on any atom is -0.465 e. The minimum absolute atomic E-state index is 0.0616. The molecule has 0 aliphatic rings. The zero-order valence-corrected chi connectivity index (χ0v) is 14.8. The number of benzene rings is 2. The number of hydrogen-bond acceptors (Lipinski definition) is 8. The molecule has 27 heavy (non-hydrogen) atoms. The zero-order chi connectivity index (χ0) is 19.4. The van der Waals surface area contributed by atoms with Gasteiger partial charge < -0.3 is 14.6 Å². The van der Waals surface area contributed by atoms with Gasteiger partial charge in [-0.2, -0.15) is 4.98 Å². The Kier molecular flexibility index (Phi) is 5.32. The quantitative estimate of drug-likeness (QED) is 0.385. The fourth-order valence-corrected chi connectivity index (χ4v) is 2.48. The van der Waals surface area contributed by atoms with Gasteiger partial charge in [0, 0.05) is 23.4 Å². The first-order valence-electron chi connectivity index (χ1n) is 7.67. The highest BCUT2D eigenvalue weighted by atomic mass is 35.5. The van der Waals surface area contributed by atoms with Crippen LogP contribution in [-0.4, -0.2) is 28.1 Å². The van der Waals surface area contributed by atoms with Crippen LogP contribution in [0, 0.1) is 10.1 Å². The molecule has 0 fully saturated rings. The second-order valence-electron chi connectivity index (χ2n) is 5.36. The van der Waals surface area contributed by atoms with E-state index in [-0.39, 0.29) is 34.5 Å². The maximum atomic E-state index is 11.7. The SMILES string of the molecule is COC(=O)c1cc(NCc2nc(-c3cccc([N+](=O)[O-])c3)no2)ccc1Cl. The topological polar surface area (TPSA) is 120 Å². The number of nitro groups is 1. The third-order valence-electron chi connectivity index (χ3n) is 3.60. The summed E-state index contributed by atoms with van der Waals surface area (Å²) in [5.41, 5.74) is 1.24. The van der Waals surface area contributed by atoms with Gasteiger partial charge in [-0.05, 0) is 18.2 Å². The summed E-state index contributed by atoms with van der Waals surface area (Å²) in [4.78, 5) is 26.2. The van der Waals surface area contributed by atoms with E-state index in [1.165, 1.54) is 19.2 Å². The number of aromatic nitrogens is 2. The molecule has 0 unspecified atom stereocenters. The molecule has 138 valence electrons. The van der Waals surface area contributed by atoms with Crippen molar-refractivity contribution < 1.29 is 19.0 Å². The van der Waals surface area contributed by atoms with E-state index in [4.69, 9.17) is 16.1 Å². The van der Waals surface area contributed by atoms with Crippen LogP contribution in [0.1, 0.15) is 16.2 Å². The van der Waals surface area contributed by atoms with Gasteiger partial charge in [-0.3, -0.25) is 10.1 Å². The van der Waals surface area contributed by atoms with Crippen molar-refractivity contribution in [2.45, 2.75) is 6.54 Å². The van der Waals surface area contributed by atoms with Gasteiger partial charge in [-0.1, -0.05) is 28.9 Å². The van der Waals surface area contributed by atoms with Crippen molar-refractivity contribution in [3.05, 3.63) is 69.1 Å². The molecule has 0 radical (unpaired) electrons. The van der Waals surface area contributed by atoms with E-state index in [0.29, 0.717) is 11.3 Å². The molecule has 1 aromatic heterocycles. The van der Waals surface area contributed by atoms with Crippen molar-refractivity contribution >= 4 is 28.9 Å². The molecule has 0 atom stereocenters. The molecule has 0 aliphatic heterocycles. The Labute approximate surface area is 158 Å². The van der Waals surface area contributed by atoms with E-state index in [2.05, 4.69) is 20.2 Å². The number of nitrogens with zero attached hydrogens (tertiary/aromatic N) is 3. The molecule has 10 heteroatoms. The molecule has 0 saturated heterocycles. The van der Waals surface area contributed by atoms with E-state index in [0.717, 1.165) is 0 Å². The molecule has 3 rings (SSSR count). The van der Waals surface area contributed by atoms with E-state index >= 15 is 0 Å². The third kappa shape index (κ3) is 4.21. The second kappa shape index (κ2) is 7.83. The summed E-state index contributed by atoms with van der Waals surface area (Å²) in [6, 6.07) is 10.7. The normalized spacial score (nSPS) is 10.4. The lowest BCUT2D eigenvalue weighted by atomic mass is 10.2. The Morgan fingerprint density at radius 3 is 2.89 bits per heavy atom. The summed E-state index contributed by atoms with van der Waals surface area (Å²) >= 11 is 5.98. The van der Waals surface area contributed by atoms with Crippen LogP contribution in [0.15, 0.2) is 47.0 Å². The smallest absolute Gasteiger partial charge is 0.339 e. The first-order chi connectivity index (χ1) is 13.0. The first-order valence-corrected chi connectivity index (χ1v) is 8.05. The van der Waals surface area contributed by atoms with Crippen LogP contribution in [0.2, 0.25) is 5.02 Å². The zero-order valence-electron chi connectivity index (χ0n) is 14.0. The Balaban J connectivity index is 1.73. The standard InChI is InChI=1S/C17H13ClN4O5/c1-26-17(23)13-8-11(5-6-14(13)18)19-9-15-20-16(21-27-15)10-3-2-4-12(7-10)22(24)25/h2-8,19H,9H2,1H3. The Bertz CT molecular complexity index is 1000. The summed E-state index contributed by atoms with van der Waals surface area (Å²) < 4.78 is 9.83. The largest absolute Gasteiger partial charge is 0.465 e. The number of halogens is 1. The monoisotopic (exact) mass is 388 g/mol. The van der Waals surface area contributed by atoms with E-state index in [1.807, 2.05) is 0 Å². The molecule has 0 amide bonds. The minimum atomic E-state index is -0.547. The number of rotatable bonds is 6. The second-order valence-corrected chi connectivity index (χ2v) is 5.77. The van der Waals surface area contributed by atoms with Crippen LogP contribution >= 0.6 is 11.6 Å². The maximum Gasteiger partial charge on any atom is 0.339 e. The Morgan fingerprint density at radius 2 is 2.15 bits per heavy atom. The average Bonchev–Trinajstić information content (AvgIpc) is 3.16. The molecular weight excluding hydrogens is 376 g/mol. The fourth-order valence-electron chi connectivity index (χ4n) is 2.28. The van der Waals surface area contributed by atoms with Crippen LogP contribution in [0.5, 0.6) is 0 Å². The van der Waals surface area contributed by atoms with Crippen LogP contribution in [0.25, 0.3) is 11.4 Å². The predicted octanol–water partition coefficient (Wildman–Crippen LogP) is 3.70. The molecule has 0 aliphatic carbocycles. The van der Waals surface area contributed by atoms with Crippen LogP contribution in [0.3, 0.4) is 0 Å². The van der Waals surface area contributed by atoms with Crippen molar-refractivity contribution in [1.29, 1.82) is 0 Å². The van der Waals surface area contributed by atoms with Crippen molar-refractivity contribution in [2.24, 2.45) is 0 Å². The Hall–Kier alpha value is -3.46. The molecular formula is C17H13ClN4O5.